The minimum absolute atomic E-state index is 0.771. The highest BCUT2D eigenvalue weighted by atomic mass is 15.1. The van der Waals surface area contributed by atoms with Gasteiger partial charge in [-0.3, -0.25) is 0 Å². The van der Waals surface area contributed by atoms with E-state index in [1.165, 1.54) is 12.1 Å². The molecular weight excluding hydrogens is 172 g/mol. The molecule has 0 radical (unpaired) electrons. The van der Waals surface area contributed by atoms with E-state index in [1.807, 2.05) is 0 Å². The summed E-state index contributed by atoms with van der Waals surface area (Å²) in [5.41, 5.74) is 6.83. The average Bonchev–Trinajstić information content (AvgIpc) is 2.25. The monoisotopic (exact) mass is 192 g/mol. The Bertz CT molecular complexity index is 233. The van der Waals surface area contributed by atoms with E-state index in [0.717, 1.165) is 26.1 Å². The molecule has 2 N–H and O–H groups in total. The van der Waals surface area contributed by atoms with E-state index in [4.69, 9.17) is 5.73 Å². The first-order valence-electron chi connectivity index (χ1n) is 5.38. The van der Waals surface area contributed by atoms with Crippen molar-refractivity contribution in [2.45, 2.75) is 19.8 Å². The van der Waals surface area contributed by atoms with Gasteiger partial charge in [0.05, 0.1) is 0 Å². The van der Waals surface area contributed by atoms with Crippen molar-refractivity contribution in [1.82, 2.24) is 0 Å². The molecular formula is C12H20N2. The van der Waals surface area contributed by atoms with Crippen LogP contribution in [-0.2, 0) is 0 Å². The van der Waals surface area contributed by atoms with E-state index in [-0.39, 0.29) is 0 Å². The first kappa shape index (κ1) is 11.1. The predicted octanol–water partition coefficient (Wildman–Crippen LogP) is 2.25. The first-order chi connectivity index (χ1) is 6.88. The molecule has 0 amide bonds. The molecule has 1 aromatic rings. The number of anilines is 1. The molecule has 0 atom stereocenters. The van der Waals surface area contributed by atoms with Gasteiger partial charge >= 0.3 is 0 Å². The maximum Gasteiger partial charge on any atom is 0.0366 e. The van der Waals surface area contributed by atoms with E-state index in [0.29, 0.717) is 0 Å². The summed E-state index contributed by atoms with van der Waals surface area (Å²) in [6.45, 7) is 5.16. The van der Waals surface area contributed by atoms with Crippen LogP contribution < -0.4 is 10.6 Å². The SMILES string of the molecule is CCCN(CCCN)c1ccccc1. The number of benzene rings is 1. The van der Waals surface area contributed by atoms with Crippen LogP contribution in [0.3, 0.4) is 0 Å². The molecule has 2 heteroatoms. The molecule has 0 saturated carbocycles. The summed E-state index contributed by atoms with van der Waals surface area (Å²) < 4.78 is 0. The highest BCUT2D eigenvalue weighted by Gasteiger charge is 2.02. The summed E-state index contributed by atoms with van der Waals surface area (Å²) in [5, 5.41) is 0. The number of rotatable bonds is 6. The Hall–Kier alpha value is -1.02. The molecule has 2 nitrogen and oxygen atoms in total. The largest absolute Gasteiger partial charge is 0.371 e. The van der Waals surface area contributed by atoms with Gasteiger partial charge in [-0.1, -0.05) is 25.1 Å². The van der Waals surface area contributed by atoms with Gasteiger partial charge in [-0.2, -0.15) is 0 Å². The number of nitrogens with two attached hydrogens (primary N) is 1. The molecule has 0 fully saturated rings. The molecule has 0 aliphatic heterocycles. The van der Waals surface area contributed by atoms with E-state index < -0.39 is 0 Å². The molecule has 0 spiro atoms. The smallest absolute Gasteiger partial charge is 0.0366 e. The molecule has 78 valence electrons. The van der Waals surface area contributed by atoms with E-state index in [2.05, 4.69) is 42.2 Å². The Kier molecular flexibility index (Phi) is 5.08. The fraction of sp³-hybridized carbons (Fsp3) is 0.500. The number of para-hydroxylation sites is 1. The molecule has 0 saturated heterocycles. The zero-order valence-electron chi connectivity index (χ0n) is 8.95. The van der Waals surface area contributed by atoms with Crippen molar-refractivity contribution in [3.63, 3.8) is 0 Å². The van der Waals surface area contributed by atoms with Crippen LogP contribution in [0.5, 0.6) is 0 Å². The number of nitrogens with zero attached hydrogens (tertiary/aromatic N) is 1. The fourth-order valence-corrected chi connectivity index (χ4v) is 1.56. The van der Waals surface area contributed by atoms with Gasteiger partial charge in [0.2, 0.25) is 0 Å². The van der Waals surface area contributed by atoms with Crippen molar-refractivity contribution in [2.24, 2.45) is 5.73 Å². The second-order valence-electron chi connectivity index (χ2n) is 3.46. The van der Waals surface area contributed by atoms with Crippen LogP contribution >= 0.6 is 0 Å². The lowest BCUT2D eigenvalue weighted by Gasteiger charge is -2.23. The zero-order chi connectivity index (χ0) is 10.2. The molecule has 0 bridgehead atoms. The third-order valence-electron chi connectivity index (χ3n) is 2.25. The van der Waals surface area contributed by atoms with Crippen LogP contribution in [0.1, 0.15) is 19.8 Å². The molecule has 0 aliphatic carbocycles. The highest BCUT2D eigenvalue weighted by Crippen LogP contribution is 2.13. The minimum atomic E-state index is 0.771. The zero-order valence-corrected chi connectivity index (χ0v) is 8.95. The van der Waals surface area contributed by atoms with Gasteiger partial charge in [0.15, 0.2) is 0 Å². The Labute approximate surface area is 86.7 Å². The van der Waals surface area contributed by atoms with E-state index >= 15 is 0 Å². The second-order valence-corrected chi connectivity index (χ2v) is 3.46. The van der Waals surface area contributed by atoms with Crippen molar-refractivity contribution in [2.75, 3.05) is 24.5 Å². The van der Waals surface area contributed by atoms with Crippen LogP contribution in [0.4, 0.5) is 5.69 Å². The van der Waals surface area contributed by atoms with Gasteiger partial charge in [0, 0.05) is 18.8 Å². The van der Waals surface area contributed by atoms with Crippen molar-refractivity contribution in [3.8, 4) is 0 Å². The van der Waals surface area contributed by atoms with Crippen LogP contribution in [0.25, 0.3) is 0 Å². The summed E-state index contributed by atoms with van der Waals surface area (Å²) >= 11 is 0. The molecule has 1 aromatic carbocycles. The first-order valence-corrected chi connectivity index (χ1v) is 5.38. The van der Waals surface area contributed by atoms with Gasteiger partial charge in [0.25, 0.3) is 0 Å². The quantitative estimate of drug-likeness (QED) is 0.749. The van der Waals surface area contributed by atoms with E-state index in [9.17, 15) is 0 Å². The summed E-state index contributed by atoms with van der Waals surface area (Å²) in [5.74, 6) is 0. The Morgan fingerprint density at radius 3 is 2.43 bits per heavy atom. The molecule has 14 heavy (non-hydrogen) atoms. The normalized spacial score (nSPS) is 10.1. The standard InChI is InChI=1S/C12H20N2/c1-2-10-14(11-6-9-13)12-7-4-3-5-8-12/h3-5,7-8H,2,6,9-11,13H2,1H3. The van der Waals surface area contributed by atoms with Crippen molar-refractivity contribution < 1.29 is 0 Å². The summed E-state index contributed by atoms with van der Waals surface area (Å²) in [4.78, 5) is 2.40. The van der Waals surface area contributed by atoms with Gasteiger partial charge in [-0.05, 0) is 31.5 Å². The topological polar surface area (TPSA) is 29.3 Å². The Morgan fingerprint density at radius 1 is 1.14 bits per heavy atom. The lowest BCUT2D eigenvalue weighted by Crippen LogP contribution is -2.26. The van der Waals surface area contributed by atoms with Crippen molar-refractivity contribution >= 4 is 5.69 Å². The third-order valence-corrected chi connectivity index (χ3v) is 2.25. The molecule has 0 aliphatic rings. The highest BCUT2D eigenvalue weighted by molar-refractivity contribution is 5.45. The maximum atomic E-state index is 5.52. The van der Waals surface area contributed by atoms with Crippen LogP contribution in [0.2, 0.25) is 0 Å². The van der Waals surface area contributed by atoms with E-state index in [1.54, 1.807) is 0 Å². The molecule has 0 aromatic heterocycles. The number of hydrogen-bond donors (Lipinski definition) is 1. The van der Waals surface area contributed by atoms with Gasteiger partial charge < -0.3 is 10.6 Å². The minimum Gasteiger partial charge on any atom is -0.371 e. The molecule has 0 heterocycles. The molecule has 1 rings (SSSR count). The lowest BCUT2D eigenvalue weighted by molar-refractivity contribution is 0.721. The van der Waals surface area contributed by atoms with Crippen LogP contribution in [-0.4, -0.2) is 19.6 Å². The van der Waals surface area contributed by atoms with Crippen LogP contribution in [0.15, 0.2) is 30.3 Å². The van der Waals surface area contributed by atoms with Gasteiger partial charge in [-0.15, -0.1) is 0 Å². The van der Waals surface area contributed by atoms with Gasteiger partial charge in [0.1, 0.15) is 0 Å². The fourth-order valence-electron chi connectivity index (χ4n) is 1.56. The van der Waals surface area contributed by atoms with Crippen molar-refractivity contribution in [1.29, 1.82) is 0 Å². The van der Waals surface area contributed by atoms with Crippen LogP contribution in [0, 0.1) is 0 Å². The summed E-state index contributed by atoms with van der Waals surface area (Å²) in [7, 11) is 0. The average molecular weight is 192 g/mol. The Balaban J connectivity index is 2.58. The maximum absolute atomic E-state index is 5.52. The third kappa shape index (κ3) is 3.38. The predicted molar refractivity (Wildman–Crippen MR) is 62.6 cm³/mol. The number of hydrogen-bond acceptors (Lipinski definition) is 2. The lowest BCUT2D eigenvalue weighted by atomic mass is 10.2. The van der Waals surface area contributed by atoms with Gasteiger partial charge in [-0.25, -0.2) is 0 Å². The van der Waals surface area contributed by atoms with Crippen molar-refractivity contribution in [3.05, 3.63) is 30.3 Å². The summed E-state index contributed by atoms with van der Waals surface area (Å²) in [6, 6.07) is 10.5. The second kappa shape index (κ2) is 6.44. The Morgan fingerprint density at radius 2 is 1.86 bits per heavy atom. The molecule has 0 unspecified atom stereocenters. The summed E-state index contributed by atoms with van der Waals surface area (Å²) in [6.07, 6.45) is 2.24.